The number of phosphoric acid groups is 2. The van der Waals surface area contributed by atoms with Crippen molar-refractivity contribution >= 4 is 33.6 Å². The standard InChI is InChI=1S/C111H188O16P2/c1-4-7-10-13-16-19-22-25-28-31-34-37-40-43-46-48-50-52-54-56-59-61-64-67-70-73-76-79-82-85-88-91-94-97-109(114)121-100-106(112)101-123-128(117,118)124-102-107(113)103-125-129(119,120)126-105-108(127-111(116)99-96-93-90-87-84-81-78-75-72-69-66-63-58-45-42-39-36-33-30-27-24-21-18-15-12-9-6-3)104-122-110(115)98-95-92-89-86-83-80-77-74-71-68-65-62-60-57-55-53-51-49-47-44-41-38-35-32-29-26-23-20-17-14-11-8-5-2/h7,9-10,12,16-21,25-30,34-39,43-47,50,52,58,66,69,106-108,112-113H,4-6,8,11,13-15,22-24,31-33,40-42,48-49,51,53-57,59-65,67-68,70-105H2,1-3H3,(H,117,118)(H,119,120)/b10-7-,12-9-,19-16-,20-17-,21-18-,28-25-,29-26-,30-27-,37-34-,38-35-,39-36-,46-43-,47-44-,52-50-,58-45-,69-66-. The van der Waals surface area contributed by atoms with Crippen LogP contribution in [0.5, 0.6) is 0 Å². The second-order valence-corrected chi connectivity index (χ2v) is 37.1. The van der Waals surface area contributed by atoms with Crippen molar-refractivity contribution in [3.8, 4) is 0 Å². The molecular weight excluding hydrogens is 1650 g/mol. The molecule has 0 aliphatic carbocycles. The van der Waals surface area contributed by atoms with Gasteiger partial charge in [-0.15, -0.1) is 0 Å². The average molecular weight is 1840 g/mol. The number of allylic oxidation sites excluding steroid dienone is 32. The Morgan fingerprint density at radius 2 is 0.411 bits per heavy atom. The van der Waals surface area contributed by atoms with E-state index in [2.05, 4.69) is 215 Å². The Bertz CT molecular complexity index is 3130. The van der Waals surface area contributed by atoms with Gasteiger partial charge in [-0.3, -0.25) is 32.5 Å². The minimum absolute atomic E-state index is 0.0902. The van der Waals surface area contributed by atoms with E-state index in [1.807, 2.05) is 0 Å². The molecule has 0 aromatic rings. The lowest BCUT2D eigenvalue weighted by Crippen LogP contribution is -2.30. The molecule has 0 heterocycles. The Kier molecular flexibility index (Phi) is 97.0. The topological polar surface area (TPSA) is 231 Å². The molecule has 129 heavy (non-hydrogen) atoms. The Labute approximate surface area is 788 Å². The minimum atomic E-state index is -4.95. The first-order valence-electron chi connectivity index (χ1n) is 51.7. The van der Waals surface area contributed by atoms with Crippen LogP contribution in [-0.2, 0) is 55.8 Å². The third kappa shape index (κ3) is 103. The van der Waals surface area contributed by atoms with Crippen molar-refractivity contribution < 1.29 is 75.8 Å². The van der Waals surface area contributed by atoms with Gasteiger partial charge in [0.2, 0.25) is 0 Å². The number of phosphoric ester groups is 2. The summed E-state index contributed by atoms with van der Waals surface area (Å²) in [6, 6.07) is 0. The van der Waals surface area contributed by atoms with E-state index in [0.29, 0.717) is 19.3 Å². The maximum atomic E-state index is 13.1. The van der Waals surface area contributed by atoms with Crippen LogP contribution in [0.4, 0.5) is 0 Å². The fourth-order valence-corrected chi connectivity index (χ4v) is 15.6. The van der Waals surface area contributed by atoms with Gasteiger partial charge in [-0.05, 0) is 167 Å². The SMILES string of the molecule is CC/C=C\C/C=C\C/C=C\C/C=C\C/C=C\C/C=C\CCCCCCCCCCCCCCCCC(=O)OCC(O)COP(=O)(O)OCC(O)COP(=O)(O)OCC(COC(=O)CCCCCCCCCCCCCCCCCCC/C=C\C/C=C\C/C=C\C/C=C\CCCCC)OC(=O)CCCCCCCCCC/C=C\C/C=C\C/C=C\C/C=C\C/C=C\C/C=C\CC. The quantitative estimate of drug-likeness (QED) is 0.0146. The van der Waals surface area contributed by atoms with Gasteiger partial charge in [0, 0.05) is 19.3 Å². The molecule has 0 spiro atoms. The third-order valence-corrected chi connectivity index (χ3v) is 23.7. The Hall–Kier alpha value is -5.61. The van der Waals surface area contributed by atoms with E-state index in [9.17, 15) is 43.5 Å². The molecule has 5 atom stereocenters. The van der Waals surface area contributed by atoms with E-state index < -0.39 is 91.5 Å². The molecule has 4 N–H and O–H groups in total. The van der Waals surface area contributed by atoms with E-state index in [1.54, 1.807) is 0 Å². The number of hydrogen-bond acceptors (Lipinski definition) is 14. The summed E-state index contributed by atoms with van der Waals surface area (Å²) >= 11 is 0. The predicted octanol–water partition coefficient (Wildman–Crippen LogP) is 32.9. The van der Waals surface area contributed by atoms with Crippen molar-refractivity contribution in [2.75, 3.05) is 39.6 Å². The van der Waals surface area contributed by atoms with Gasteiger partial charge in [-0.1, -0.05) is 440 Å². The molecule has 0 aromatic heterocycles. The number of unbranched alkanes of at least 4 members (excludes halogenated alkanes) is 42. The summed E-state index contributed by atoms with van der Waals surface area (Å²) < 4.78 is 61.7. The molecule has 5 unspecified atom stereocenters. The van der Waals surface area contributed by atoms with Gasteiger partial charge in [-0.25, -0.2) is 9.13 Å². The smallest absolute Gasteiger partial charge is 0.463 e. The van der Waals surface area contributed by atoms with E-state index in [0.717, 1.165) is 186 Å². The van der Waals surface area contributed by atoms with Crippen molar-refractivity contribution in [2.45, 2.75) is 450 Å². The zero-order valence-electron chi connectivity index (χ0n) is 81.8. The van der Waals surface area contributed by atoms with Crippen LogP contribution in [0.15, 0.2) is 194 Å². The Morgan fingerprint density at radius 1 is 0.225 bits per heavy atom. The number of carbonyl (C=O) groups is 3. The zero-order chi connectivity index (χ0) is 93.5. The highest BCUT2D eigenvalue weighted by Gasteiger charge is 2.30. The summed E-state index contributed by atoms with van der Waals surface area (Å²) in [5.41, 5.74) is 0. The van der Waals surface area contributed by atoms with Gasteiger partial charge in [-0.2, -0.15) is 0 Å². The second-order valence-electron chi connectivity index (χ2n) is 34.2. The number of rotatable bonds is 97. The van der Waals surface area contributed by atoms with Crippen LogP contribution in [-0.4, -0.2) is 95.9 Å². The van der Waals surface area contributed by atoms with Crippen LogP contribution < -0.4 is 0 Å². The van der Waals surface area contributed by atoms with E-state index in [4.69, 9.17) is 32.3 Å². The molecule has 0 aliphatic heterocycles. The first-order chi connectivity index (χ1) is 63.2. The first-order valence-corrected chi connectivity index (χ1v) is 54.7. The second kappa shape index (κ2) is 101. The van der Waals surface area contributed by atoms with E-state index in [1.165, 1.54) is 186 Å². The Balaban J connectivity index is 4.63. The lowest BCUT2D eigenvalue weighted by Gasteiger charge is -2.21. The molecule has 0 bridgehead atoms. The molecule has 0 radical (unpaired) electrons. The summed E-state index contributed by atoms with van der Waals surface area (Å²) in [6.45, 7) is 2.48. The van der Waals surface area contributed by atoms with Gasteiger partial charge in [0.05, 0.1) is 26.4 Å². The number of ether oxygens (including phenoxy) is 3. The van der Waals surface area contributed by atoms with Crippen molar-refractivity contribution in [3.63, 3.8) is 0 Å². The number of esters is 3. The van der Waals surface area contributed by atoms with Crippen LogP contribution in [0.3, 0.4) is 0 Å². The fourth-order valence-electron chi connectivity index (χ4n) is 14.0. The van der Waals surface area contributed by atoms with Crippen LogP contribution in [0.1, 0.15) is 432 Å². The highest BCUT2D eigenvalue weighted by atomic mass is 31.2. The highest BCUT2D eigenvalue weighted by molar-refractivity contribution is 7.47. The molecule has 0 fully saturated rings. The molecule has 0 rings (SSSR count). The summed E-state index contributed by atoms with van der Waals surface area (Å²) in [5.74, 6) is -1.57. The van der Waals surface area contributed by atoms with Crippen LogP contribution in [0.25, 0.3) is 0 Å². The summed E-state index contributed by atoms with van der Waals surface area (Å²) in [7, 11) is -9.83. The molecule has 738 valence electrons. The summed E-state index contributed by atoms with van der Waals surface area (Å²) in [5, 5.41) is 20.8. The molecule has 18 heteroatoms. The lowest BCUT2D eigenvalue weighted by molar-refractivity contribution is -0.161. The fraction of sp³-hybridized carbons (Fsp3) is 0.685. The normalized spacial score (nSPS) is 14.4. The monoisotopic (exact) mass is 1840 g/mol. The number of carbonyl (C=O) groups excluding carboxylic acids is 3. The molecule has 0 amide bonds. The van der Waals surface area contributed by atoms with Gasteiger partial charge in [0.15, 0.2) is 6.10 Å². The van der Waals surface area contributed by atoms with E-state index in [-0.39, 0.29) is 19.3 Å². The molecule has 0 saturated carbocycles. The molecule has 0 saturated heterocycles. The van der Waals surface area contributed by atoms with Crippen LogP contribution in [0.2, 0.25) is 0 Å². The molecule has 0 aliphatic rings. The highest BCUT2D eigenvalue weighted by Crippen LogP contribution is 2.45. The third-order valence-electron chi connectivity index (χ3n) is 21.8. The van der Waals surface area contributed by atoms with Crippen LogP contribution >= 0.6 is 15.6 Å². The van der Waals surface area contributed by atoms with Crippen LogP contribution in [0, 0.1) is 0 Å². The van der Waals surface area contributed by atoms with Gasteiger partial charge in [0.1, 0.15) is 25.4 Å². The van der Waals surface area contributed by atoms with Crippen molar-refractivity contribution in [2.24, 2.45) is 0 Å². The lowest BCUT2D eigenvalue weighted by atomic mass is 10.0. The average Bonchev–Trinajstić information content (AvgIpc) is 0.894. The van der Waals surface area contributed by atoms with Crippen molar-refractivity contribution in [3.05, 3.63) is 194 Å². The zero-order valence-corrected chi connectivity index (χ0v) is 83.6. The summed E-state index contributed by atoms with van der Waals surface area (Å²) in [4.78, 5) is 59.2. The number of hydrogen-bond donors (Lipinski definition) is 4. The van der Waals surface area contributed by atoms with Gasteiger partial charge < -0.3 is 34.2 Å². The molecule has 16 nitrogen and oxygen atoms in total. The summed E-state index contributed by atoms with van der Waals surface area (Å²) in [6.07, 6.45) is 136. The minimum Gasteiger partial charge on any atom is -0.463 e. The molecular formula is C111H188O16P2. The number of aliphatic hydroxyl groups excluding tert-OH is 2. The maximum absolute atomic E-state index is 13.1. The molecule has 0 aromatic carbocycles. The van der Waals surface area contributed by atoms with Crippen molar-refractivity contribution in [1.82, 2.24) is 0 Å². The van der Waals surface area contributed by atoms with E-state index >= 15 is 0 Å². The number of aliphatic hydroxyl groups is 2. The predicted molar refractivity (Wildman–Crippen MR) is 546 cm³/mol. The van der Waals surface area contributed by atoms with Crippen molar-refractivity contribution in [1.29, 1.82) is 0 Å². The largest absolute Gasteiger partial charge is 0.472 e. The van der Waals surface area contributed by atoms with Gasteiger partial charge >= 0.3 is 33.6 Å². The van der Waals surface area contributed by atoms with Gasteiger partial charge in [0.25, 0.3) is 0 Å². The first kappa shape index (κ1) is 123. The Morgan fingerprint density at radius 3 is 0.651 bits per heavy atom. The maximum Gasteiger partial charge on any atom is 0.472 e.